The van der Waals surface area contributed by atoms with Gasteiger partial charge >= 0.3 is 0 Å². The Bertz CT molecular complexity index is 580. The van der Waals surface area contributed by atoms with E-state index in [-0.39, 0.29) is 4.75 Å². The molecule has 124 valence electrons. The molecule has 1 atom stereocenters. The zero-order valence-corrected chi connectivity index (χ0v) is 16.4. The van der Waals surface area contributed by atoms with Gasteiger partial charge in [0.05, 0.1) is 10.5 Å². The van der Waals surface area contributed by atoms with Crippen molar-refractivity contribution in [3.63, 3.8) is 0 Å². The number of nitrogens with zero attached hydrogens (tertiary/aromatic N) is 1. The molecular weight excluding hydrogens is 314 g/mol. The van der Waals surface area contributed by atoms with Crippen LogP contribution in [0, 0.1) is 5.41 Å². The molecule has 2 nitrogen and oxygen atoms in total. The van der Waals surface area contributed by atoms with E-state index < -0.39 is 11.0 Å². The van der Waals surface area contributed by atoms with E-state index in [4.69, 9.17) is 11.6 Å². The van der Waals surface area contributed by atoms with Crippen molar-refractivity contribution < 1.29 is 4.21 Å². The van der Waals surface area contributed by atoms with Crippen LogP contribution in [0.4, 0.5) is 0 Å². The fourth-order valence-corrected chi connectivity index (χ4v) is 2.70. The van der Waals surface area contributed by atoms with Crippen LogP contribution in [0.1, 0.15) is 66.0 Å². The van der Waals surface area contributed by atoms with Crippen LogP contribution in [0.2, 0.25) is 5.02 Å². The second-order valence-corrected chi connectivity index (χ2v) is 10.2. The predicted octanol–water partition coefficient (Wildman–Crippen LogP) is 5.59. The van der Waals surface area contributed by atoms with Crippen molar-refractivity contribution in [1.29, 1.82) is 0 Å². The summed E-state index contributed by atoms with van der Waals surface area (Å²) in [6, 6.07) is 6.00. The van der Waals surface area contributed by atoms with Gasteiger partial charge in [0.1, 0.15) is 11.0 Å². The van der Waals surface area contributed by atoms with Gasteiger partial charge in [-0.05, 0) is 63.1 Å². The van der Waals surface area contributed by atoms with E-state index >= 15 is 0 Å². The Kier molecular flexibility index (Phi) is 6.40. The molecule has 0 aliphatic rings. The largest absolute Gasteiger partial charge is 0.234 e. The lowest BCUT2D eigenvalue weighted by atomic mass is 9.88. The van der Waals surface area contributed by atoms with E-state index in [0.29, 0.717) is 5.41 Å². The summed E-state index contributed by atoms with van der Waals surface area (Å²) in [4.78, 5) is 0. The van der Waals surface area contributed by atoms with Gasteiger partial charge in [0.15, 0.2) is 0 Å². The molecule has 22 heavy (non-hydrogen) atoms. The maximum atomic E-state index is 12.1. The lowest BCUT2D eigenvalue weighted by molar-refractivity contribution is 0.378. The summed E-state index contributed by atoms with van der Waals surface area (Å²) >= 11 is 6.40. The van der Waals surface area contributed by atoms with E-state index in [1.165, 1.54) is 0 Å². The topological polar surface area (TPSA) is 29.4 Å². The molecule has 0 unspecified atom stereocenters. The van der Waals surface area contributed by atoms with Crippen LogP contribution in [0.3, 0.4) is 0 Å². The summed E-state index contributed by atoms with van der Waals surface area (Å²) in [5, 5.41) is 0.762. The van der Waals surface area contributed by atoms with Crippen LogP contribution in [-0.2, 0) is 17.4 Å². The van der Waals surface area contributed by atoms with Gasteiger partial charge in [-0.2, -0.15) is 4.40 Å². The van der Waals surface area contributed by atoms with Crippen molar-refractivity contribution >= 4 is 28.3 Å². The molecule has 0 spiro atoms. The van der Waals surface area contributed by atoms with Gasteiger partial charge in [0.25, 0.3) is 0 Å². The van der Waals surface area contributed by atoms with E-state index in [1.54, 1.807) is 0 Å². The Labute approximate surface area is 143 Å². The molecule has 0 fully saturated rings. The normalized spacial score (nSPS) is 15.0. The first-order chi connectivity index (χ1) is 9.90. The summed E-state index contributed by atoms with van der Waals surface area (Å²) in [7, 11) is -1.25. The van der Waals surface area contributed by atoms with E-state index in [2.05, 4.69) is 31.2 Å². The lowest BCUT2D eigenvalue weighted by Gasteiger charge is -2.18. The van der Waals surface area contributed by atoms with Crippen LogP contribution in [0.5, 0.6) is 0 Å². The quantitative estimate of drug-likeness (QED) is 0.656. The fraction of sp³-hybridized carbons (Fsp3) is 0.611. The molecule has 1 aromatic rings. The number of rotatable bonds is 4. The molecule has 0 aliphatic heterocycles. The Morgan fingerprint density at radius 1 is 1.18 bits per heavy atom. The molecule has 1 rings (SSSR count). The molecule has 0 N–H and O–H groups in total. The first-order valence-corrected chi connectivity index (χ1v) is 9.15. The Balaban J connectivity index is 2.93. The molecule has 0 aliphatic carbocycles. The second-order valence-electron chi connectivity index (χ2n) is 7.91. The van der Waals surface area contributed by atoms with Gasteiger partial charge in [-0.1, -0.05) is 44.5 Å². The predicted molar refractivity (Wildman–Crippen MR) is 99.3 cm³/mol. The van der Waals surface area contributed by atoms with Crippen molar-refractivity contribution in [3.05, 3.63) is 34.3 Å². The number of hydrogen-bond donors (Lipinski definition) is 0. The number of hydrogen-bond acceptors (Lipinski definition) is 1. The molecule has 1 aromatic carbocycles. The van der Waals surface area contributed by atoms with Gasteiger partial charge < -0.3 is 0 Å². The maximum absolute atomic E-state index is 12.1. The molecule has 0 aromatic heterocycles. The minimum atomic E-state index is -1.25. The second kappa shape index (κ2) is 7.27. The van der Waals surface area contributed by atoms with Crippen molar-refractivity contribution in [2.24, 2.45) is 9.81 Å². The third kappa shape index (κ3) is 6.21. The van der Waals surface area contributed by atoms with Crippen LogP contribution >= 0.6 is 11.6 Å². The van der Waals surface area contributed by atoms with Crippen molar-refractivity contribution in [2.45, 2.75) is 66.1 Å². The van der Waals surface area contributed by atoms with Crippen LogP contribution in [-0.4, -0.2) is 14.7 Å². The Hall–Kier alpha value is -0.670. The first kappa shape index (κ1) is 19.4. The molecule has 0 saturated heterocycles. The van der Waals surface area contributed by atoms with Crippen LogP contribution in [0.25, 0.3) is 0 Å². The highest BCUT2D eigenvalue weighted by Crippen LogP contribution is 2.26. The summed E-state index contributed by atoms with van der Waals surface area (Å²) in [5.41, 5.74) is 3.15. The summed E-state index contributed by atoms with van der Waals surface area (Å²) in [6.07, 6.45) is 2.06. The summed E-state index contributed by atoms with van der Waals surface area (Å²) in [5.74, 6) is 0. The summed E-state index contributed by atoms with van der Waals surface area (Å²) in [6.45, 7) is 14.3. The van der Waals surface area contributed by atoms with Gasteiger partial charge in [-0.15, -0.1) is 0 Å². The Morgan fingerprint density at radius 3 is 2.23 bits per heavy atom. The van der Waals surface area contributed by atoms with E-state index in [1.807, 2.05) is 39.8 Å². The van der Waals surface area contributed by atoms with Crippen molar-refractivity contribution in [2.75, 3.05) is 0 Å². The minimum Gasteiger partial charge on any atom is -0.234 e. The van der Waals surface area contributed by atoms with Gasteiger partial charge in [-0.25, -0.2) is 4.21 Å². The van der Waals surface area contributed by atoms with Crippen molar-refractivity contribution in [3.8, 4) is 0 Å². The van der Waals surface area contributed by atoms with Gasteiger partial charge in [0.2, 0.25) is 0 Å². The van der Waals surface area contributed by atoms with E-state index in [9.17, 15) is 4.21 Å². The maximum Gasteiger partial charge on any atom is 0.145 e. The third-order valence-corrected chi connectivity index (χ3v) is 5.20. The smallest absolute Gasteiger partial charge is 0.145 e. The molecular formula is C18H28ClNOS. The van der Waals surface area contributed by atoms with Crippen LogP contribution < -0.4 is 0 Å². The average Bonchev–Trinajstić information content (AvgIpc) is 2.34. The molecule has 0 radical (unpaired) electrons. The fourth-order valence-electron chi connectivity index (χ4n) is 1.80. The van der Waals surface area contributed by atoms with Gasteiger partial charge in [0, 0.05) is 5.02 Å². The molecule has 0 amide bonds. The molecule has 4 heteroatoms. The van der Waals surface area contributed by atoms with Gasteiger partial charge in [-0.3, -0.25) is 0 Å². The number of aryl methyl sites for hydroxylation is 1. The number of benzene rings is 1. The SMILES string of the molecule is CC(=N[S@@](=O)C(C)(C)C)c1ccc(CCC(C)(C)C)c(Cl)c1. The van der Waals surface area contributed by atoms with Crippen molar-refractivity contribution in [1.82, 2.24) is 0 Å². The standard InChI is InChI=1S/C18H28ClNOS/c1-13(20-22(21)18(5,6)7)15-9-8-14(16(19)12-15)10-11-17(2,3)4/h8-9,12H,10-11H2,1-7H3/t22-/m0/s1. The molecule has 0 saturated carbocycles. The van der Waals surface area contributed by atoms with Crippen LogP contribution in [0.15, 0.2) is 22.6 Å². The zero-order valence-electron chi connectivity index (χ0n) is 14.8. The monoisotopic (exact) mass is 341 g/mol. The molecule has 0 heterocycles. The van der Waals surface area contributed by atoms with E-state index in [0.717, 1.165) is 34.7 Å². The minimum absolute atomic E-state index is 0.295. The molecule has 0 bridgehead atoms. The number of halogens is 1. The third-order valence-electron chi connectivity index (χ3n) is 3.36. The first-order valence-electron chi connectivity index (χ1n) is 7.66. The highest BCUT2D eigenvalue weighted by Gasteiger charge is 2.19. The Morgan fingerprint density at radius 2 is 1.77 bits per heavy atom. The average molecular weight is 342 g/mol. The summed E-state index contributed by atoms with van der Waals surface area (Å²) < 4.78 is 16.1. The lowest BCUT2D eigenvalue weighted by Crippen LogP contribution is -2.20. The highest BCUT2D eigenvalue weighted by atomic mass is 35.5. The highest BCUT2D eigenvalue weighted by molar-refractivity contribution is 7.85. The zero-order chi connectivity index (χ0) is 17.1.